The second-order valence-corrected chi connectivity index (χ2v) is 5.91. The summed E-state index contributed by atoms with van der Waals surface area (Å²) in [6, 6.07) is 1.85. The first-order valence-corrected chi connectivity index (χ1v) is 8.11. The Hall–Kier alpha value is -1.66. The van der Waals surface area contributed by atoms with Gasteiger partial charge in [0.2, 0.25) is 5.95 Å². The Kier molecular flexibility index (Phi) is 5.24. The molecule has 1 saturated heterocycles. The fourth-order valence-corrected chi connectivity index (χ4v) is 2.88. The van der Waals surface area contributed by atoms with E-state index in [1.165, 1.54) is 6.42 Å². The Balaban J connectivity index is 1.34. The lowest BCUT2D eigenvalue weighted by atomic mass is 10.2. The number of anilines is 1. The van der Waals surface area contributed by atoms with Gasteiger partial charge in [-0.1, -0.05) is 11.6 Å². The lowest BCUT2D eigenvalue weighted by Crippen LogP contribution is -2.47. The summed E-state index contributed by atoms with van der Waals surface area (Å²) in [5.41, 5.74) is 0. The maximum absolute atomic E-state index is 5.80. The van der Waals surface area contributed by atoms with Gasteiger partial charge < -0.3 is 9.47 Å². The molecule has 0 atom stereocenters. The predicted octanol–water partition coefficient (Wildman–Crippen LogP) is 1.93. The highest BCUT2D eigenvalue weighted by atomic mass is 35.5. The first-order valence-electron chi connectivity index (χ1n) is 7.73. The molecule has 3 heterocycles. The molecule has 2 aromatic rings. The number of imidazole rings is 1. The van der Waals surface area contributed by atoms with Gasteiger partial charge in [-0.2, -0.15) is 0 Å². The molecular weight excluding hydrogens is 300 g/mol. The lowest BCUT2D eigenvalue weighted by molar-refractivity contribution is 0.250. The molecule has 0 aliphatic carbocycles. The summed E-state index contributed by atoms with van der Waals surface area (Å²) >= 11 is 5.80. The minimum absolute atomic E-state index is 0.569. The fourth-order valence-electron chi connectivity index (χ4n) is 2.71. The van der Waals surface area contributed by atoms with Crippen molar-refractivity contribution in [2.45, 2.75) is 19.4 Å². The van der Waals surface area contributed by atoms with Gasteiger partial charge in [0.15, 0.2) is 0 Å². The zero-order chi connectivity index (χ0) is 15.2. The number of hydrogen-bond acceptors (Lipinski definition) is 5. The zero-order valence-corrected chi connectivity index (χ0v) is 13.4. The molecule has 1 aliphatic heterocycles. The van der Waals surface area contributed by atoms with E-state index in [0.717, 1.165) is 51.6 Å². The summed E-state index contributed by atoms with van der Waals surface area (Å²) in [6.45, 7) is 6.29. The number of aryl methyl sites for hydroxylation is 1. The number of nitrogens with zero attached hydrogens (tertiary/aromatic N) is 6. The Bertz CT molecular complexity index is 564. The third kappa shape index (κ3) is 4.18. The van der Waals surface area contributed by atoms with Gasteiger partial charge in [0.25, 0.3) is 0 Å². The first kappa shape index (κ1) is 15.2. The Labute approximate surface area is 135 Å². The average Bonchev–Trinajstić information content (AvgIpc) is 2.98. The maximum Gasteiger partial charge on any atom is 0.225 e. The lowest BCUT2D eigenvalue weighted by Gasteiger charge is -2.34. The minimum Gasteiger partial charge on any atom is -0.338 e. The van der Waals surface area contributed by atoms with Crippen LogP contribution in [-0.2, 0) is 6.54 Å². The van der Waals surface area contributed by atoms with Crippen LogP contribution in [0, 0.1) is 0 Å². The third-order valence-electron chi connectivity index (χ3n) is 3.95. The first-order chi connectivity index (χ1) is 10.8. The van der Waals surface area contributed by atoms with Crippen LogP contribution in [-0.4, -0.2) is 57.1 Å². The second kappa shape index (κ2) is 7.56. The largest absolute Gasteiger partial charge is 0.338 e. The summed E-state index contributed by atoms with van der Waals surface area (Å²) in [5, 5.41) is 0.569. The average molecular weight is 321 g/mol. The van der Waals surface area contributed by atoms with Gasteiger partial charge in [-0.15, -0.1) is 0 Å². The number of rotatable bonds is 6. The Morgan fingerprint density at radius 1 is 0.955 bits per heavy atom. The molecule has 7 heteroatoms. The highest BCUT2D eigenvalue weighted by Gasteiger charge is 2.17. The number of aromatic nitrogens is 4. The summed E-state index contributed by atoms with van der Waals surface area (Å²) in [6.07, 6.45) is 9.61. The van der Waals surface area contributed by atoms with Crippen molar-refractivity contribution in [2.75, 3.05) is 37.6 Å². The van der Waals surface area contributed by atoms with Gasteiger partial charge in [0.05, 0.1) is 6.33 Å². The van der Waals surface area contributed by atoms with E-state index >= 15 is 0 Å². The molecule has 0 radical (unpaired) electrons. The van der Waals surface area contributed by atoms with E-state index in [1.807, 2.05) is 16.8 Å². The van der Waals surface area contributed by atoms with Gasteiger partial charge in [0, 0.05) is 51.3 Å². The predicted molar refractivity (Wildman–Crippen MR) is 87.2 cm³/mol. The highest BCUT2D eigenvalue weighted by Crippen LogP contribution is 2.10. The van der Waals surface area contributed by atoms with Crippen molar-refractivity contribution < 1.29 is 0 Å². The van der Waals surface area contributed by atoms with Crippen LogP contribution in [0.25, 0.3) is 0 Å². The van der Waals surface area contributed by atoms with E-state index in [0.29, 0.717) is 5.15 Å². The number of piperazine rings is 1. The van der Waals surface area contributed by atoms with Crippen LogP contribution in [0.15, 0.2) is 31.0 Å². The van der Waals surface area contributed by atoms with Gasteiger partial charge >= 0.3 is 0 Å². The van der Waals surface area contributed by atoms with E-state index < -0.39 is 0 Å². The molecular formula is C15H21ClN6. The molecule has 0 saturated carbocycles. The van der Waals surface area contributed by atoms with Crippen LogP contribution < -0.4 is 4.90 Å². The second-order valence-electron chi connectivity index (χ2n) is 5.52. The highest BCUT2D eigenvalue weighted by molar-refractivity contribution is 6.29. The Morgan fingerprint density at radius 2 is 1.68 bits per heavy atom. The van der Waals surface area contributed by atoms with Crippen molar-refractivity contribution in [2.24, 2.45) is 0 Å². The van der Waals surface area contributed by atoms with E-state index in [2.05, 4.69) is 24.8 Å². The van der Waals surface area contributed by atoms with Gasteiger partial charge in [-0.3, -0.25) is 4.90 Å². The van der Waals surface area contributed by atoms with Crippen molar-refractivity contribution in [3.05, 3.63) is 36.1 Å². The van der Waals surface area contributed by atoms with Crippen LogP contribution in [0.3, 0.4) is 0 Å². The van der Waals surface area contributed by atoms with E-state index in [1.54, 1.807) is 18.7 Å². The topological polar surface area (TPSA) is 50.1 Å². The third-order valence-corrected chi connectivity index (χ3v) is 4.14. The fraction of sp³-hybridized carbons (Fsp3) is 0.533. The van der Waals surface area contributed by atoms with Crippen LogP contribution >= 0.6 is 11.6 Å². The molecule has 0 spiro atoms. The summed E-state index contributed by atoms with van der Waals surface area (Å²) < 4.78 is 2.05. The van der Waals surface area contributed by atoms with Crippen LogP contribution in [0.5, 0.6) is 0 Å². The smallest absolute Gasteiger partial charge is 0.225 e. The van der Waals surface area contributed by atoms with Crippen LogP contribution in [0.2, 0.25) is 5.15 Å². The van der Waals surface area contributed by atoms with E-state index in [4.69, 9.17) is 11.6 Å². The zero-order valence-electron chi connectivity index (χ0n) is 12.6. The molecule has 1 aliphatic rings. The molecule has 0 aromatic carbocycles. The van der Waals surface area contributed by atoms with E-state index in [9.17, 15) is 0 Å². The minimum atomic E-state index is 0.569. The maximum atomic E-state index is 5.80. The molecule has 6 nitrogen and oxygen atoms in total. The SMILES string of the molecule is Clc1cn(CCCCN2CCN(c3ncccn3)CC2)cn1. The summed E-state index contributed by atoms with van der Waals surface area (Å²) in [4.78, 5) is 17.4. The van der Waals surface area contributed by atoms with Crippen molar-refractivity contribution in [3.8, 4) is 0 Å². The van der Waals surface area contributed by atoms with Crippen molar-refractivity contribution in [1.82, 2.24) is 24.4 Å². The summed E-state index contributed by atoms with van der Waals surface area (Å²) in [5.74, 6) is 0.846. The molecule has 22 heavy (non-hydrogen) atoms. The van der Waals surface area contributed by atoms with Gasteiger partial charge in [-0.05, 0) is 25.5 Å². The molecule has 0 N–H and O–H groups in total. The van der Waals surface area contributed by atoms with Crippen molar-refractivity contribution in [3.63, 3.8) is 0 Å². The number of hydrogen-bond donors (Lipinski definition) is 0. The normalized spacial score (nSPS) is 16.1. The molecule has 0 unspecified atom stereocenters. The molecule has 0 bridgehead atoms. The van der Waals surface area contributed by atoms with Crippen molar-refractivity contribution >= 4 is 17.5 Å². The van der Waals surface area contributed by atoms with Gasteiger partial charge in [-0.25, -0.2) is 15.0 Å². The molecule has 118 valence electrons. The van der Waals surface area contributed by atoms with Crippen LogP contribution in [0.4, 0.5) is 5.95 Å². The molecule has 2 aromatic heterocycles. The van der Waals surface area contributed by atoms with E-state index in [-0.39, 0.29) is 0 Å². The Morgan fingerprint density at radius 3 is 2.36 bits per heavy atom. The monoisotopic (exact) mass is 320 g/mol. The summed E-state index contributed by atoms with van der Waals surface area (Å²) in [7, 11) is 0. The molecule has 0 amide bonds. The number of unbranched alkanes of at least 4 members (excludes halogenated alkanes) is 1. The van der Waals surface area contributed by atoms with Crippen molar-refractivity contribution in [1.29, 1.82) is 0 Å². The molecule has 3 rings (SSSR count). The standard InChI is InChI=1S/C15H21ClN6/c16-14-12-21(13-19-14)7-2-1-6-20-8-10-22(11-9-20)15-17-4-3-5-18-15/h3-5,12-13H,1-2,6-11H2. The van der Waals surface area contributed by atoms with Gasteiger partial charge in [0.1, 0.15) is 5.15 Å². The van der Waals surface area contributed by atoms with Crippen LogP contribution in [0.1, 0.15) is 12.8 Å². The quantitative estimate of drug-likeness (QED) is 0.761. The molecule has 1 fully saturated rings. The number of halogens is 1.